The first-order valence-corrected chi connectivity index (χ1v) is 14.1. The predicted octanol–water partition coefficient (Wildman–Crippen LogP) is 5.10. The molecule has 7 nitrogen and oxygen atoms in total. The lowest BCUT2D eigenvalue weighted by atomic mass is 10.1. The summed E-state index contributed by atoms with van der Waals surface area (Å²) in [6, 6.07) is 16.2. The molecule has 3 aromatic carbocycles. The topological polar surface area (TPSA) is 86.8 Å². The largest absolute Gasteiger partial charge is 0.352 e. The lowest BCUT2D eigenvalue weighted by molar-refractivity contribution is -0.140. The highest BCUT2D eigenvalue weighted by atomic mass is 35.5. The summed E-state index contributed by atoms with van der Waals surface area (Å²) in [6.07, 6.45) is 0.718. The van der Waals surface area contributed by atoms with Crippen molar-refractivity contribution in [2.24, 2.45) is 0 Å². The van der Waals surface area contributed by atoms with E-state index in [1.807, 2.05) is 38.1 Å². The zero-order chi connectivity index (χ0) is 27.3. The maximum Gasteiger partial charge on any atom is 0.243 e. The van der Waals surface area contributed by atoms with E-state index in [0.29, 0.717) is 15.6 Å². The maximum atomic E-state index is 13.5. The van der Waals surface area contributed by atoms with Gasteiger partial charge in [-0.3, -0.25) is 9.59 Å². The van der Waals surface area contributed by atoms with Crippen LogP contribution in [0.1, 0.15) is 32.8 Å². The molecule has 0 saturated carbocycles. The molecule has 10 heteroatoms. The van der Waals surface area contributed by atoms with E-state index in [1.54, 1.807) is 37.3 Å². The van der Waals surface area contributed by atoms with E-state index in [2.05, 4.69) is 5.32 Å². The van der Waals surface area contributed by atoms with Gasteiger partial charge < -0.3 is 10.2 Å². The van der Waals surface area contributed by atoms with Gasteiger partial charge in [0.05, 0.1) is 11.4 Å². The number of fused-ring (bicyclic) bond motifs is 1. The van der Waals surface area contributed by atoms with Gasteiger partial charge in [-0.1, -0.05) is 66.5 Å². The number of benzene rings is 3. The van der Waals surface area contributed by atoms with Crippen molar-refractivity contribution in [1.82, 2.24) is 14.5 Å². The molecule has 0 fully saturated rings. The molecule has 0 heterocycles. The Hall–Kier alpha value is -2.65. The number of hydrogen-bond donors (Lipinski definition) is 1. The molecule has 2 amide bonds. The van der Waals surface area contributed by atoms with Gasteiger partial charge in [0.25, 0.3) is 0 Å². The first-order valence-electron chi connectivity index (χ1n) is 11.9. The SMILES string of the molecule is CC[C@@H](C)NC(=O)[C@@H](C)N(Cc1c(Cl)cccc1Cl)C(=O)CN(C)S(=O)(=O)c1ccc2ccccc2c1. The molecule has 198 valence electrons. The van der Waals surface area contributed by atoms with Crippen LogP contribution in [0.5, 0.6) is 0 Å². The highest BCUT2D eigenvalue weighted by Gasteiger charge is 2.31. The Morgan fingerprint density at radius 3 is 2.19 bits per heavy atom. The molecule has 0 bridgehead atoms. The van der Waals surface area contributed by atoms with Crippen LogP contribution < -0.4 is 5.32 Å². The van der Waals surface area contributed by atoms with Gasteiger partial charge in [0.2, 0.25) is 21.8 Å². The van der Waals surface area contributed by atoms with Crippen molar-refractivity contribution in [2.45, 2.75) is 50.7 Å². The second-order valence-corrected chi connectivity index (χ2v) is 11.8. The summed E-state index contributed by atoms with van der Waals surface area (Å²) in [5.41, 5.74) is 0.474. The predicted molar refractivity (Wildman–Crippen MR) is 148 cm³/mol. The molecule has 0 radical (unpaired) electrons. The molecule has 0 aliphatic rings. The average molecular weight is 565 g/mol. The molecule has 2 atom stereocenters. The molecule has 37 heavy (non-hydrogen) atoms. The Bertz CT molecular complexity index is 1380. The van der Waals surface area contributed by atoms with Gasteiger partial charge in [0.1, 0.15) is 6.04 Å². The van der Waals surface area contributed by atoms with Crippen LogP contribution in [-0.2, 0) is 26.2 Å². The third kappa shape index (κ3) is 6.82. The van der Waals surface area contributed by atoms with E-state index in [1.165, 1.54) is 18.0 Å². The summed E-state index contributed by atoms with van der Waals surface area (Å²) < 4.78 is 27.6. The summed E-state index contributed by atoms with van der Waals surface area (Å²) in [6.45, 7) is 4.87. The zero-order valence-corrected chi connectivity index (χ0v) is 23.6. The monoisotopic (exact) mass is 563 g/mol. The minimum absolute atomic E-state index is 0.0592. The van der Waals surface area contributed by atoms with Gasteiger partial charge in [0.15, 0.2) is 0 Å². The normalized spacial score (nSPS) is 13.4. The van der Waals surface area contributed by atoms with Gasteiger partial charge in [-0.05, 0) is 55.3 Å². The lowest BCUT2D eigenvalue weighted by Gasteiger charge is -2.31. The average Bonchev–Trinajstić information content (AvgIpc) is 2.87. The number of carbonyl (C=O) groups is 2. The number of nitrogens with zero attached hydrogens (tertiary/aromatic N) is 2. The molecule has 0 spiro atoms. The Morgan fingerprint density at radius 1 is 0.946 bits per heavy atom. The van der Waals surface area contributed by atoms with Gasteiger partial charge in [-0.15, -0.1) is 0 Å². The van der Waals surface area contributed by atoms with Crippen molar-refractivity contribution in [3.05, 3.63) is 76.3 Å². The first kappa shape index (κ1) is 28.9. The van der Waals surface area contributed by atoms with Crippen LogP contribution in [0.25, 0.3) is 10.8 Å². The Labute approximate surface area is 228 Å². The molecule has 0 aliphatic carbocycles. The fraction of sp³-hybridized carbons (Fsp3) is 0.333. The third-order valence-corrected chi connectivity index (χ3v) is 8.85. The van der Waals surface area contributed by atoms with Crippen molar-refractivity contribution < 1.29 is 18.0 Å². The molecule has 0 unspecified atom stereocenters. The van der Waals surface area contributed by atoms with Crippen molar-refractivity contribution in [1.29, 1.82) is 0 Å². The third-order valence-electron chi connectivity index (χ3n) is 6.35. The van der Waals surface area contributed by atoms with Crippen LogP contribution in [0.4, 0.5) is 0 Å². The standard InChI is InChI=1S/C27H31Cl2N3O4S/c1-5-18(2)30-27(34)19(3)32(16-23-24(28)11-8-12-25(23)29)26(33)17-31(4)37(35,36)22-14-13-20-9-6-7-10-21(20)15-22/h6-15,18-19H,5,16-17H2,1-4H3,(H,30,34)/t18-,19-/m1/s1. The molecular weight excluding hydrogens is 533 g/mol. The fourth-order valence-electron chi connectivity index (χ4n) is 3.78. The van der Waals surface area contributed by atoms with Crippen LogP contribution in [0, 0.1) is 0 Å². The highest BCUT2D eigenvalue weighted by molar-refractivity contribution is 7.89. The van der Waals surface area contributed by atoms with Crippen molar-refractivity contribution >= 4 is 55.8 Å². The van der Waals surface area contributed by atoms with Crippen molar-refractivity contribution in [2.75, 3.05) is 13.6 Å². The highest BCUT2D eigenvalue weighted by Crippen LogP contribution is 2.27. The smallest absolute Gasteiger partial charge is 0.243 e. The summed E-state index contributed by atoms with van der Waals surface area (Å²) in [4.78, 5) is 27.8. The molecular formula is C27H31Cl2N3O4S. The number of halogens is 2. The van der Waals surface area contributed by atoms with Crippen LogP contribution >= 0.6 is 23.2 Å². The van der Waals surface area contributed by atoms with Gasteiger partial charge in [-0.25, -0.2) is 8.42 Å². The summed E-state index contributed by atoms with van der Waals surface area (Å²) in [5, 5.41) is 5.24. The lowest BCUT2D eigenvalue weighted by Crippen LogP contribution is -2.52. The van der Waals surface area contributed by atoms with Gasteiger partial charge in [-0.2, -0.15) is 4.31 Å². The maximum absolute atomic E-state index is 13.5. The molecule has 0 aliphatic heterocycles. The molecule has 0 saturated heterocycles. The van der Waals surface area contributed by atoms with Crippen LogP contribution in [-0.4, -0.2) is 55.1 Å². The number of sulfonamides is 1. The molecule has 0 aromatic heterocycles. The minimum atomic E-state index is -3.98. The quantitative estimate of drug-likeness (QED) is 0.371. The van der Waals surface area contributed by atoms with Gasteiger partial charge >= 0.3 is 0 Å². The number of amides is 2. The zero-order valence-electron chi connectivity index (χ0n) is 21.2. The number of rotatable bonds is 10. The van der Waals surface area contributed by atoms with Crippen LogP contribution in [0.2, 0.25) is 10.0 Å². The van der Waals surface area contributed by atoms with Gasteiger partial charge in [0, 0.05) is 35.2 Å². The second-order valence-electron chi connectivity index (χ2n) is 8.99. The first-order chi connectivity index (χ1) is 17.4. The van der Waals surface area contributed by atoms with Crippen LogP contribution in [0.3, 0.4) is 0 Å². The summed E-state index contributed by atoms with van der Waals surface area (Å²) in [5.74, 6) is -0.916. The van der Waals surface area contributed by atoms with E-state index in [9.17, 15) is 18.0 Å². The molecule has 1 N–H and O–H groups in total. The van der Waals surface area contributed by atoms with Crippen molar-refractivity contribution in [3.63, 3.8) is 0 Å². The van der Waals surface area contributed by atoms with E-state index >= 15 is 0 Å². The summed E-state index contributed by atoms with van der Waals surface area (Å²) >= 11 is 12.7. The van der Waals surface area contributed by atoms with E-state index in [-0.39, 0.29) is 23.4 Å². The Morgan fingerprint density at radius 2 is 1.57 bits per heavy atom. The van der Waals surface area contributed by atoms with E-state index in [4.69, 9.17) is 23.2 Å². The summed E-state index contributed by atoms with van der Waals surface area (Å²) in [7, 11) is -2.64. The van der Waals surface area contributed by atoms with Crippen molar-refractivity contribution in [3.8, 4) is 0 Å². The number of hydrogen-bond acceptors (Lipinski definition) is 4. The number of nitrogens with one attached hydrogen (secondary N) is 1. The Balaban J connectivity index is 1.89. The number of carbonyl (C=O) groups excluding carboxylic acids is 2. The van der Waals surface area contributed by atoms with E-state index in [0.717, 1.165) is 21.5 Å². The Kier molecular flexibility index (Phi) is 9.58. The molecule has 3 aromatic rings. The minimum Gasteiger partial charge on any atom is -0.352 e. The molecule has 3 rings (SSSR count). The fourth-order valence-corrected chi connectivity index (χ4v) is 5.45. The second kappa shape index (κ2) is 12.3. The number of likely N-dealkylation sites (N-methyl/N-ethyl adjacent to an activating group) is 1. The van der Waals surface area contributed by atoms with Crippen LogP contribution in [0.15, 0.2) is 65.6 Å². The van der Waals surface area contributed by atoms with E-state index < -0.39 is 28.5 Å².